The van der Waals surface area contributed by atoms with Crippen LogP contribution in [0.1, 0.15) is 5.56 Å². The van der Waals surface area contributed by atoms with E-state index in [4.69, 9.17) is 4.74 Å². The predicted octanol–water partition coefficient (Wildman–Crippen LogP) is 1.06. The van der Waals surface area contributed by atoms with E-state index in [9.17, 15) is 4.79 Å². The fraction of sp³-hybridized carbons (Fsp3) is 0.545. The van der Waals surface area contributed by atoms with E-state index in [0.717, 1.165) is 18.7 Å². The third kappa shape index (κ3) is 8.15. The van der Waals surface area contributed by atoms with Crippen molar-refractivity contribution < 1.29 is 9.53 Å². The average molecular weight is 279 g/mol. The van der Waals surface area contributed by atoms with Gasteiger partial charge in [-0.25, -0.2) is 0 Å². The van der Waals surface area contributed by atoms with Crippen LogP contribution in [0.3, 0.4) is 0 Å². The minimum Gasteiger partial charge on any atom is -0.383 e. The minimum atomic E-state index is 0. The highest BCUT2D eigenvalue weighted by Gasteiger charge is 2.02. The van der Waals surface area contributed by atoms with Crippen molar-refractivity contribution in [2.24, 2.45) is 0 Å². The second kappa shape index (κ2) is 10.5. The number of hydrogen-bond acceptors (Lipinski definition) is 4. The maximum absolute atomic E-state index is 11.4. The fourth-order valence-corrected chi connectivity index (χ4v) is 1.90. The molecule has 98 valence electrons. The zero-order valence-electron chi connectivity index (χ0n) is 9.90. The second-order valence-corrected chi connectivity index (χ2v) is 4.18. The van der Waals surface area contributed by atoms with E-state index in [-0.39, 0.29) is 18.3 Å². The largest absolute Gasteiger partial charge is 0.383 e. The number of halogens is 1. The van der Waals surface area contributed by atoms with Gasteiger partial charge in [0.05, 0.1) is 13.0 Å². The summed E-state index contributed by atoms with van der Waals surface area (Å²) in [6, 6.07) is 1.97. The van der Waals surface area contributed by atoms with E-state index in [2.05, 4.69) is 10.6 Å². The van der Waals surface area contributed by atoms with Gasteiger partial charge in [-0.2, -0.15) is 11.3 Å². The summed E-state index contributed by atoms with van der Waals surface area (Å²) in [6.07, 6.45) is 0.474. The Kier molecular flexibility index (Phi) is 10.1. The molecule has 0 bridgehead atoms. The molecule has 0 spiro atoms. The maximum atomic E-state index is 11.4. The number of hydrogen-bond donors (Lipinski definition) is 2. The molecule has 0 saturated heterocycles. The van der Waals surface area contributed by atoms with Gasteiger partial charge in [0.15, 0.2) is 0 Å². The van der Waals surface area contributed by atoms with Gasteiger partial charge in [0, 0.05) is 26.7 Å². The van der Waals surface area contributed by atoms with Crippen LogP contribution in [0.25, 0.3) is 0 Å². The zero-order valence-corrected chi connectivity index (χ0v) is 11.5. The smallest absolute Gasteiger partial charge is 0.224 e. The van der Waals surface area contributed by atoms with Crippen LogP contribution in [0.2, 0.25) is 0 Å². The lowest BCUT2D eigenvalue weighted by atomic mass is 10.2. The molecule has 0 aliphatic carbocycles. The van der Waals surface area contributed by atoms with Gasteiger partial charge in [0.1, 0.15) is 0 Å². The molecule has 0 fully saturated rings. The van der Waals surface area contributed by atoms with Crippen molar-refractivity contribution in [2.75, 3.05) is 33.4 Å². The molecule has 6 heteroatoms. The van der Waals surface area contributed by atoms with Gasteiger partial charge in [-0.1, -0.05) is 0 Å². The topological polar surface area (TPSA) is 50.4 Å². The zero-order chi connectivity index (χ0) is 11.6. The summed E-state index contributed by atoms with van der Waals surface area (Å²) < 4.78 is 4.89. The first-order valence-electron chi connectivity index (χ1n) is 5.30. The Labute approximate surface area is 112 Å². The molecule has 1 amide bonds. The van der Waals surface area contributed by atoms with Gasteiger partial charge in [-0.3, -0.25) is 4.79 Å². The lowest BCUT2D eigenvalue weighted by molar-refractivity contribution is -0.120. The van der Waals surface area contributed by atoms with Crippen molar-refractivity contribution in [1.29, 1.82) is 0 Å². The molecule has 4 nitrogen and oxygen atoms in total. The molecule has 1 aromatic rings. The summed E-state index contributed by atoms with van der Waals surface area (Å²) in [5.74, 6) is 0.0759. The molecule has 1 heterocycles. The van der Waals surface area contributed by atoms with E-state index in [1.807, 2.05) is 16.8 Å². The van der Waals surface area contributed by atoms with E-state index in [0.29, 0.717) is 19.6 Å². The molecule has 2 N–H and O–H groups in total. The Morgan fingerprint density at radius 3 is 2.88 bits per heavy atom. The predicted molar refractivity (Wildman–Crippen MR) is 73.0 cm³/mol. The van der Waals surface area contributed by atoms with Gasteiger partial charge < -0.3 is 15.4 Å². The molecule has 1 aromatic heterocycles. The first-order valence-corrected chi connectivity index (χ1v) is 6.24. The van der Waals surface area contributed by atoms with Gasteiger partial charge in [-0.15, -0.1) is 12.4 Å². The number of methoxy groups -OCH3 is 1. The van der Waals surface area contributed by atoms with Crippen molar-refractivity contribution in [3.63, 3.8) is 0 Å². The Morgan fingerprint density at radius 1 is 1.41 bits per heavy atom. The molecule has 0 aromatic carbocycles. The van der Waals surface area contributed by atoms with Gasteiger partial charge in [0.25, 0.3) is 0 Å². The van der Waals surface area contributed by atoms with Crippen LogP contribution in [-0.4, -0.2) is 39.3 Å². The second-order valence-electron chi connectivity index (χ2n) is 3.40. The molecule has 0 unspecified atom stereocenters. The van der Waals surface area contributed by atoms with Crippen LogP contribution in [0.15, 0.2) is 16.8 Å². The highest BCUT2D eigenvalue weighted by atomic mass is 35.5. The van der Waals surface area contributed by atoms with Crippen LogP contribution >= 0.6 is 23.7 Å². The number of ether oxygens (including phenoxy) is 1. The van der Waals surface area contributed by atoms with E-state index >= 15 is 0 Å². The summed E-state index contributed by atoms with van der Waals surface area (Å²) in [7, 11) is 1.67. The number of thiophene rings is 1. The summed E-state index contributed by atoms with van der Waals surface area (Å²) in [5.41, 5.74) is 1.08. The third-order valence-corrected chi connectivity index (χ3v) is 2.78. The summed E-state index contributed by atoms with van der Waals surface area (Å²) >= 11 is 1.61. The Bertz CT molecular complexity index is 294. The van der Waals surface area contributed by atoms with Crippen molar-refractivity contribution in [1.82, 2.24) is 10.6 Å². The summed E-state index contributed by atoms with van der Waals surface area (Å²) in [6.45, 7) is 2.95. The quantitative estimate of drug-likeness (QED) is 0.700. The van der Waals surface area contributed by atoms with Gasteiger partial charge in [0.2, 0.25) is 5.91 Å². The monoisotopic (exact) mass is 278 g/mol. The lowest BCUT2D eigenvalue weighted by Gasteiger charge is -2.05. The molecule has 0 saturated carbocycles. The van der Waals surface area contributed by atoms with Crippen molar-refractivity contribution in [3.8, 4) is 0 Å². The fourth-order valence-electron chi connectivity index (χ4n) is 1.23. The minimum absolute atomic E-state index is 0. The highest BCUT2D eigenvalue weighted by Crippen LogP contribution is 2.05. The van der Waals surface area contributed by atoms with Crippen LogP contribution in [0, 0.1) is 0 Å². The lowest BCUT2D eigenvalue weighted by Crippen LogP contribution is -2.33. The molecule has 0 atom stereocenters. The maximum Gasteiger partial charge on any atom is 0.224 e. The number of carbonyl (C=O) groups is 1. The Morgan fingerprint density at radius 2 is 2.24 bits per heavy atom. The number of amides is 1. The summed E-state index contributed by atoms with van der Waals surface area (Å²) in [4.78, 5) is 11.4. The third-order valence-electron chi connectivity index (χ3n) is 2.05. The van der Waals surface area contributed by atoms with E-state index in [1.165, 1.54) is 0 Å². The van der Waals surface area contributed by atoms with E-state index < -0.39 is 0 Å². The Balaban J connectivity index is 0.00000256. The molecular weight excluding hydrogens is 260 g/mol. The molecule has 0 aliphatic rings. The van der Waals surface area contributed by atoms with Crippen molar-refractivity contribution in [3.05, 3.63) is 22.4 Å². The van der Waals surface area contributed by atoms with E-state index in [1.54, 1.807) is 18.4 Å². The van der Waals surface area contributed by atoms with Crippen LogP contribution < -0.4 is 10.6 Å². The number of nitrogens with one attached hydrogen (secondary N) is 2. The molecule has 0 aliphatic heterocycles. The highest BCUT2D eigenvalue weighted by molar-refractivity contribution is 7.07. The Hall–Kier alpha value is -0.620. The standard InChI is InChI=1S/C11H18N2O2S.ClH/c1-15-6-5-12-3-4-13-11(14)8-10-2-7-16-9-10;/h2,7,9,12H,3-6,8H2,1H3,(H,13,14);1H. The van der Waals surface area contributed by atoms with Crippen LogP contribution in [0.4, 0.5) is 0 Å². The first kappa shape index (κ1) is 16.4. The average Bonchev–Trinajstić information content (AvgIpc) is 2.76. The molecule has 17 heavy (non-hydrogen) atoms. The normalized spacial score (nSPS) is 9.71. The SMILES string of the molecule is COCCNCCNC(=O)Cc1ccsc1.Cl. The summed E-state index contributed by atoms with van der Waals surface area (Å²) in [5, 5.41) is 10.0. The van der Waals surface area contributed by atoms with Crippen LogP contribution in [-0.2, 0) is 16.0 Å². The molecule has 1 rings (SSSR count). The first-order chi connectivity index (χ1) is 7.83. The molecule has 0 radical (unpaired) electrons. The van der Waals surface area contributed by atoms with Gasteiger partial charge in [-0.05, 0) is 22.4 Å². The number of carbonyl (C=O) groups excluding carboxylic acids is 1. The van der Waals surface area contributed by atoms with Gasteiger partial charge >= 0.3 is 0 Å². The van der Waals surface area contributed by atoms with Crippen molar-refractivity contribution >= 4 is 29.7 Å². The molecular formula is C11H19ClN2O2S. The van der Waals surface area contributed by atoms with Crippen molar-refractivity contribution in [2.45, 2.75) is 6.42 Å². The number of rotatable bonds is 8. The van der Waals surface area contributed by atoms with Crippen LogP contribution in [0.5, 0.6) is 0 Å².